The summed E-state index contributed by atoms with van der Waals surface area (Å²) in [4.78, 5) is 44.6. The van der Waals surface area contributed by atoms with Crippen molar-refractivity contribution in [3.63, 3.8) is 0 Å². The van der Waals surface area contributed by atoms with Gasteiger partial charge >= 0.3 is 25.7 Å². The van der Waals surface area contributed by atoms with E-state index in [1.165, 1.54) is 109 Å². The molecule has 0 aromatic heterocycles. The highest BCUT2D eigenvalue weighted by Gasteiger charge is 2.28. The Bertz CT molecular complexity index is 813. The summed E-state index contributed by atoms with van der Waals surface area (Å²) in [6.07, 6.45) is 26.8. The van der Waals surface area contributed by atoms with E-state index in [9.17, 15) is 23.8 Å². The Morgan fingerprint density at radius 2 is 1.00 bits per heavy atom. The number of phosphoric ester groups is 1. The summed E-state index contributed by atoms with van der Waals surface area (Å²) >= 11 is 0. The first-order chi connectivity index (χ1) is 22.1. The van der Waals surface area contributed by atoms with Gasteiger partial charge in [0.1, 0.15) is 12.6 Å². The highest BCUT2D eigenvalue weighted by molar-refractivity contribution is 7.47. The molecule has 0 amide bonds. The van der Waals surface area contributed by atoms with Crippen LogP contribution in [0, 0.1) is 0 Å². The number of carboxylic acid groups (broad SMARTS) is 1. The van der Waals surface area contributed by atoms with Gasteiger partial charge in [-0.1, -0.05) is 142 Å². The summed E-state index contributed by atoms with van der Waals surface area (Å²) in [5, 5.41) is 8.75. The van der Waals surface area contributed by atoms with Gasteiger partial charge in [0.05, 0.1) is 13.2 Å². The lowest BCUT2D eigenvalue weighted by Crippen LogP contribution is -2.34. The van der Waals surface area contributed by atoms with Crippen LogP contribution in [0.4, 0.5) is 0 Å². The van der Waals surface area contributed by atoms with Crippen molar-refractivity contribution in [3.8, 4) is 0 Å². The molecule has 0 saturated carbocycles. The van der Waals surface area contributed by atoms with Gasteiger partial charge in [-0.2, -0.15) is 0 Å². The lowest BCUT2D eigenvalue weighted by Gasteiger charge is -2.20. The van der Waals surface area contributed by atoms with E-state index in [2.05, 4.69) is 11.4 Å². The maximum atomic E-state index is 12.2. The highest BCUT2D eigenvalue weighted by Crippen LogP contribution is 2.43. The first-order valence-corrected chi connectivity index (χ1v) is 19.6. The van der Waals surface area contributed by atoms with Gasteiger partial charge in [0.15, 0.2) is 6.10 Å². The first-order valence-electron chi connectivity index (χ1n) is 18.1. The molecule has 4 N–H and O–H groups in total. The number of ether oxygens (including phenoxy) is 2. The molecule has 272 valence electrons. The van der Waals surface area contributed by atoms with Crippen LogP contribution in [0.2, 0.25) is 0 Å². The molecule has 0 fully saturated rings. The van der Waals surface area contributed by atoms with Crippen LogP contribution in [0.25, 0.3) is 0 Å². The zero-order chi connectivity index (χ0) is 34.3. The van der Waals surface area contributed by atoms with Crippen molar-refractivity contribution in [2.45, 2.75) is 180 Å². The fraction of sp³-hybridized carbons (Fsp3) is 0.912. The topological polar surface area (TPSA) is 172 Å². The van der Waals surface area contributed by atoms with Crippen LogP contribution in [0.3, 0.4) is 0 Å². The monoisotopic (exact) mass is 679 g/mol. The number of hydrogen-bond donors (Lipinski definition) is 3. The molecule has 11 nitrogen and oxygen atoms in total. The lowest BCUT2D eigenvalue weighted by atomic mass is 10.0. The fourth-order valence-corrected chi connectivity index (χ4v) is 5.76. The predicted octanol–water partition coefficient (Wildman–Crippen LogP) is 8.39. The molecule has 3 atom stereocenters. The summed E-state index contributed by atoms with van der Waals surface area (Å²) in [5.74, 6) is -2.43. The van der Waals surface area contributed by atoms with Crippen molar-refractivity contribution in [1.29, 1.82) is 0 Å². The second-order valence-corrected chi connectivity index (χ2v) is 13.8. The molecule has 12 heteroatoms. The van der Waals surface area contributed by atoms with E-state index in [4.69, 9.17) is 24.8 Å². The molecular weight excluding hydrogens is 613 g/mol. The molecule has 0 aromatic carbocycles. The molecule has 0 radical (unpaired) electrons. The van der Waals surface area contributed by atoms with Crippen LogP contribution < -0.4 is 5.73 Å². The van der Waals surface area contributed by atoms with Crippen LogP contribution in [-0.2, 0) is 37.5 Å². The Hall–Kier alpha value is -1.52. The molecule has 0 aliphatic heterocycles. The Kier molecular flexibility index (Phi) is 29.8. The van der Waals surface area contributed by atoms with Crippen molar-refractivity contribution in [2.24, 2.45) is 5.73 Å². The first kappa shape index (κ1) is 44.5. The normalized spacial score (nSPS) is 14.0. The number of carbonyl (C=O) groups excluding carboxylic acids is 2. The van der Waals surface area contributed by atoms with Crippen molar-refractivity contribution >= 4 is 25.7 Å². The number of hydrogen-bond acceptors (Lipinski definition) is 9. The largest absolute Gasteiger partial charge is 0.480 e. The molecule has 0 aliphatic carbocycles. The minimum Gasteiger partial charge on any atom is -0.480 e. The lowest BCUT2D eigenvalue weighted by molar-refractivity contribution is -0.161. The third kappa shape index (κ3) is 29.9. The van der Waals surface area contributed by atoms with E-state index < -0.39 is 51.1 Å². The summed E-state index contributed by atoms with van der Waals surface area (Å²) < 4.78 is 31.8. The molecular formula is C34H66NO10P. The molecule has 0 saturated heterocycles. The van der Waals surface area contributed by atoms with Crippen molar-refractivity contribution < 1.29 is 47.5 Å². The quantitative estimate of drug-likeness (QED) is 0.0339. The Morgan fingerprint density at radius 1 is 0.587 bits per heavy atom. The highest BCUT2D eigenvalue weighted by atomic mass is 31.2. The number of nitrogens with two attached hydrogens (primary N) is 1. The number of aliphatic carboxylic acids is 1. The van der Waals surface area contributed by atoms with Gasteiger partial charge in [-0.05, 0) is 12.8 Å². The summed E-state index contributed by atoms with van der Waals surface area (Å²) in [5.41, 5.74) is 5.25. The maximum absolute atomic E-state index is 12.2. The molecule has 0 aromatic rings. The van der Waals surface area contributed by atoms with Gasteiger partial charge in [0.2, 0.25) is 0 Å². The van der Waals surface area contributed by atoms with Crippen molar-refractivity contribution in [2.75, 3.05) is 19.8 Å². The van der Waals surface area contributed by atoms with Gasteiger partial charge < -0.3 is 25.2 Å². The minimum atomic E-state index is -4.67. The van der Waals surface area contributed by atoms with Gasteiger partial charge in [0.25, 0.3) is 0 Å². The van der Waals surface area contributed by atoms with E-state index in [1.54, 1.807) is 6.92 Å². The summed E-state index contributed by atoms with van der Waals surface area (Å²) in [7, 11) is -4.67. The van der Waals surface area contributed by atoms with E-state index >= 15 is 0 Å². The van der Waals surface area contributed by atoms with E-state index in [1.807, 2.05) is 0 Å². The van der Waals surface area contributed by atoms with Gasteiger partial charge in [-0.15, -0.1) is 0 Å². The van der Waals surface area contributed by atoms with Crippen LogP contribution in [-0.4, -0.2) is 59.9 Å². The van der Waals surface area contributed by atoms with Crippen LogP contribution in [0.5, 0.6) is 0 Å². The Labute approximate surface area is 278 Å². The average Bonchev–Trinajstić information content (AvgIpc) is 3.02. The second kappa shape index (κ2) is 30.8. The average molecular weight is 680 g/mol. The van der Waals surface area contributed by atoms with E-state index in [-0.39, 0.29) is 19.4 Å². The number of phosphoric acid groups is 1. The van der Waals surface area contributed by atoms with Crippen LogP contribution in [0.1, 0.15) is 168 Å². The molecule has 0 heterocycles. The smallest absolute Gasteiger partial charge is 0.472 e. The van der Waals surface area contributed by atoms with E-state index in [0.717, 1.165) is 19.3 Å². The molecule has 0 spiro atoms. The molecule has 0 bridgehead atoms. The van der Waals surface area contributed by atoms with Gasteiger partial charge in [-0.25, -0.2) is 4.57 Å². The number of unbranched alkanes of at least 4 members (excludes halogenated alkanes) is 20. The summed E-state index contributed by atoms with van der Waals surface area (Å²) in [6, 6.07) is -1.51. The zero-order valence-electron chi connectivity index (χ0n) is 28.9. The maximum Gasteiger partial charge on any atom is 0.472 e. The summed E-state index contributed by atoms with van der Waals surface area (Å²) in [6.45, 7) is 2.37. The van der Waals surface area contributed by atoms with Crippen molar-refractivity contribution in [1.82, 2.24) is 0 Å². The number of carbonyl (C=O) groups is 3. The van der Waals surface area contributed by atoms with Crippen LogP contribution >= 0.6 is 7.82 Å². The second-order valence-electron chi connectivity index (χ2n) is 12.4. The molecule has 0 aliphatic rings. The third-order valence-electron chi connectivity index (χ3n) is 7.82. The minimum absolute atomic E-state index is 0.116. The number of carboxylic acids is 1. The standard InChI is InChI=1S/C34H66NO10P/c1-3-5-6-7-8-9-10-11-12-13-14-15-16-17-18-19-20-21-22-23-24-26-32(36)42-27-30(45-33(37)25-4-2)28-43-46(40,41)44-29-31(35)34(38)39/h30-31H,3-29,35H2,1-2H3,(H,38,39)(H,40,41)/t30-,31+/m1/s1. The zero-order valence-corrected chi connectivity index (χ0v) is 29.8. The third-order valence-corrected chi connectivity index (χ3v) is 8.78. The van der Waals surface area contributed by atoms with Gasteiger partial charge in [-0.3, -0.25) is 23.4 Å². The predicted molar refractivity (Wildman–Crippen MR) is 180 cm³/mol. The van der Waals surface area contributed by atoms with Crippen LogP contribution in [0.15, 0.2) is 0 Å². The van der Waals surface area contributed by atoms with E-state index in [0.29, 0.717) is 12.8 Å². The number of esters is 2. The van der Waals surface area contributed by atoms with Gasteiger partial charge in [0, 0.05) is 12.8 Å². The molecule has 1 unspecified atom stereocenters. The molecule has 0 rings (SSSR count). The SMILES string of the molecule is CCCCCCCCCCCCCCCCCCCCCCCC(=O)OC[C@H](COP(=O)(O)OC[C@H](N)C(=O)O)OC(=O)CCC. The number of rotatable bonds is 34. The Morgan fingerprint density at radius 3 is 1.41 bits per heavy atom. The Balaban J connectivity index is 3.85. The molecule has 46 heavy (non-hydrogen) atoms. The fourth-order valence-electron chi connectivity index (χ4n) is 4.98. The van der Waals surface area contributed by atoms with Crippen molar-refractivity contribution in [3.05, 3.63) is 0 Å².